The molecular weight excluding hydrogens is 230 g/mol. The van der Waals surface area contributed by atoms with Crippen LogP contribution >= 0.6 is 11.8 Å². The number of nitrogens with zero attached hydrogens (tertiary/aromatic N) is 2. The quantitative estimate of drug-likeness (QED) is 0.625. The van der Waals surface area contributed by atoms with Crippen molar-refractivity contribution >= 4 is 11.8 Å². The normalized spacial score (nSPS) is 13.1. The van der Waals surface area contributed by atoms with E-state index in [2.05, 4.69) is 36.1 Å². The summed E-state index contributed by atoms with van der Waals surface area (Å²) in [6, 6.07) is 2.53. The van der Waals surface area contributed by atoms with E-state index in [0.29, 0.717) is 12.0 Å². The second-order valence-corrected chi connectivity index (χ2v) is 5.64. The Labute approximate surface area is 109 Å². The molecule has 0 fully saturated rings. The lowest BCUT2D eigenvalue weighted by Gasteiger charge is -2.20. The third-order valence-corrected chi connectivity index (χ3v) is 3.59. The van der Waals surface area contributed by atoms with E-state index in [1.807, 2.05) is 19.9 Å². The highest BCUT2D eigenvalue weighted by Gasteiger charge is 2.13. The number of rotatable bonds is 6. The molecule has 0 aliphatic heterocycles. The fourth-order valence-corrected chi connectivity index (χ4v) is 2.92. The molecule has 1 aromatic rings. The molecule has 3 nitrogen and oxygen atoms in total. The highest BCUT2D eigenvalue weighted by Crippen LogP contribution is 2.17. The highest BCUT2D eigenvalue weighted by atomic mass is 32.2. The summed E-state index contributed by atoms with van der Waals surface area (Å²) >= 11 is 1.74. The molecule has 0 saturated heterocycles. The van der Waals surface area contributed by atoms with Crippen molar-refractivity contribution in [3.63, 3.8) is 0 Å². The van der Waals surface area contributed by atoms with Gasteiger partial charge in [-0.25, -0.2) is 9.97 Å². The molecule has 0 aromatic carbocycles. The Kier molecular flexibility index (Phi) is 5.92. The smallest absolute Gasteiger partial charge is 0.188 e. The first kappa shape index (κ1) is 14.5. The van der Waals surface area contributed by atoms with Crippen LogP contribution in [0.25, 0.3) is 0 Å². The maximum atomic E-state index is 4.45. The predicted octanol–water partition coefficient (Wildman–Crippen LogP) is 2.82. The minimum atomic E-state index is 0.523. The van der Waals surface area contributed by atoms with Gasteiger partial charge in [0.25, 0.3) is 0 Å². The molecule has 0 saturated carbocycles. The second-order valence-electron chi connectivity index (χ2n) is 4.65. The fourth-order valence-electron chi connectivity index (χ4n) is 1.67. The number of aromatic nitrogens is 2. The van der Waals surface area contributed by atoms with Crippen molar-refractivity contribution in [3.05, 3.63) is 17.5 Å². The van der Waals surface area contributed by atoms with Gasteiger partial charge in [-0.2, -0.15) is 0 Å². The molecule has 1 N–H and O–H groups in total. The van der Waals surface area contributed by atoms with Crippen LogP contribution in [-0.4, -0.2) is 28.3 Å². The van der Waals surface area contributed by atoms with Crippen LogP contribution in [0.1, 0.15) is 32.2 Å². The van der Waals surface area contributed by atoms with Gasteiger partial charge in [-0.1, -0.05) is 32.5 Å². The van der Waals surface area contributed by atoms with Gasteiger partial charge < -0.3 is 5.32 Å². The summed E-state index contributed by atoms with van der Waals surface area (Å²) in [6.45, 7) is 11.7. The molecule has 4 heteroatoms. The number of thioether (sulfide) groups is 1. The zero-order valence-electron chi connectivity index (χ0n) is 11.4. The van der Waals surface area contributed by atoms with Gasteiger partial charge in [0.05, 0.1) is 0 Å². The van der Waals surface area contributed by atoms with Crippen LogP contribution in [0.3, 0.4) is 0 Å². The van der Waals surface area contributed by atoms with Gasteiger partial charge in [0.15, 0.2) is 5.16 Å². The third-order valence-electron chi connectivity index (χ3n) is 2.62. The zero-order valence-corrected chi connectivity index (χ0v) is 12.3. The Balaban J connectivity index is 2.58. The average Bonchev–Trinajstić information content (AvgIpc) is 2.22. The first-order valence-electron chi connectivity index (χ1n) is 6.21. The van der Waals surface area contributed by atoms with E-state index in [1.54, 1.807) is 11.8 Å². The standard InChI is InChI=1S/C13H23N3S/c1-6-14-12(9(2)3)8-17-13-15-10(4)7-11(5)16-13/h7,9,12,14H,6,8H2,1-5H3. The minimum absolute atomic E-state index is 0.523. The largest absolute Gasteiger partial charge is 0.313 e. The minimum Gasteiger partial charge on any atom is -0.313 e. The van der Waals surface area contributed by atoms with Gasteiger partial charge in [0, 0.05) is 23.2 Å². The maximum Gasteiger partial charge on any atom is 0.188 e. The number of nitrogens with one attached hydrogen (secondary N) is 1. The summed E-state index contributed by atoms with van der Waals surface area (Å²) < 4.78 is 0. The van der Waals surface area contributed by atoms with Crippen LogP contribution in [0.15, 0.2) is 11.2 Å². The van der Waals surface area contributed by atoms with Crippen molar-refractivity contribution < 1.29 is 0 Å². The summed E-state index contributed by atoms with van der Waals surface area (Å²) in [5.74, 6) is 1.65. The van der Waals surface area contributed by atoms with E-state index >= 15 is 0 Å². The van der Waals surface area contributed by atoms with Crippen molar-refractivity contribution in [2.75, 3.05) is 12.3 Å². The van der Waals surface area contributed by atoms with Crippen molar-refractivity contribution in [1.82, 2.24) is 15.3 Å². The van der Waals surface area contributed by atoms with Crippen molar-refractivity contribution in [2.45, 2.75) is 45.8 Å². The molecule has 96 valence electrons. The maximum absolute atomic E-state index is 4.45. The molecule has 1 unspecified atom stereocenters. The Morgan fingerprint density at radius 2 is 1.82 bits per heavy atom. The topological polar surface area (TPSA) is 37.8 Å². The molecular formula is C13H23N3S. The molecule has 0 bridgehead atoms. The Hall–Kier alpha value is -0.610. The summed E-state index contributed by atoms with van der Waals surface area (Å²) in [6.07, 6.45) is 0. The van der Waals surface area contributed by atoms with Gasteiger partial charge >= 0.3 is 0 Å². The predicted molar refractivity (Wildman–Crippen MR) is 74.5 cm³/mol. The first-order chi connectivity index (χ1) is 8.02. The van der Waals surface area contributed by atoms with E-state index in [1.165, 1.54) is 0 Å². The fraction of sp³-hybridized carbons (Fsp3) is 0.692. The summed E-state index contributed by atoms with van der Waals surface area (Å²) in [4.78, 5) is 8.90. The van der Waals surface area contributed by atoms with Gasteiger partial charge in [-0.15, -0.1) is 0 Å². The lowest BCUT2D eigenvalue weighted by Crippen LogP contribution is -2.35. The molecule has 1 aromatic heterocycles. The van der Waals surface area contributed by atoms with Crippen LogP contribution in [0.4, 0.5) is 0 Å². The van der Waals surface area contributed by atoms with Crippen LogP contribution in [0.5, 0.6) is 0 Å². The van der Waals surface area contributed by atoms with Crippen molar-refractivity contribution in [3.8, 4) is 0 Å². The number of hydrogen-bond donors (Lipinski definition) is 1. The Bertz CT molecular complexity index is 332. The van der Waals surface area contributed by atoms with E-state index in [4.69, 9.17) is 0 Å². The SMILES string of the molecule is CCNC(CSc1nc(C)cc(C)n1)C(C)C. The molecule has 0 aliphatic rings. The third kappa shape index (κ3) is 5.04. The van der Waals surface area contributed by atoms with Crippen LogP contribution in [-0.2, 0) is 0 Å². The number of aryl methyl sites for hydroxylation is 2. The van der Waals surface area contributed by atoms with E-state index in [-0.39, 0.29) is 0 Å². The summed E-state index contributed by atoms with van der Waals surface area (Å²) in [5, 5.41) is 4.40. The molecule has 0 spiro atoms. The number of hydrogen-bond acceptors (Lipinski definition) is 4. The lowest BCUT2D eigenvalue weighted by atomic mass is 10.1. The highest BCUT2D eigenvalue weighted by molar-refractivity contribution is 7.99. The molecule has 1 rings (SSSR count). The van der Waals surface area contributed by atoms with E-state index in [9.17, 15) is 0 Å². The zero-order chi connectivity index (χ0) is 12.8. The van der Waals surface area contributed by atoms with Gasteiger partial charge in [-0.05, 0) is 32.4 Å². The summed E-state index contributed by atoms with van der Waals surface area (Å²) in [5.41, 5.74) is 2.09. The van der Waals surface area contributed by atoms with E-state index < -0.39 is 0 Å². The van der Waals surface area contributed by atoms with Crippen LogP contribution < -0.4 is 5.32 Å². The average molecular weight is 253 g/mol. The van der Waals surface area contributed by atoms with Gasteiger partial charge in [-0.3, -0.25) is 0 Å². The Morgan fingerprint density at radius 3 is 2.29 bits per heavy atom. The van der Waals surface area contributed by atoms with Crippen LogP contribution in [0.2, 0.25) is 0 Å². The molecule has 17 heavy (non-hydrogen) atoms. The van der Waals surface area contributed by atoms with E-state index in [0.717, 1.165) is 28.8 Å². The Morgan fingerprint density at radius 1 is 1.24 bits per heavy atom. The molecule has 0 amide bonds. The van der Waals surface area contributed by atoms with Crippen molar-refractivity contribution in [1.29, 1.82) is 0 Å². The monoisotopic (exact) mass is 253 g/mol. The van der Waals surface area contributed by atoms with Gasteiger partial charge in [0.2, 0.25) is 0 Å². The molecule has 0 radical (unpaired) electrons. The van der Waals surface area contributed by atoms with Crippen molar-refractivity contribution in [2.24, 2.45) is 5.92 Å². The lowest BCUT2D eigenvalue weighted by molar-refractivity contribution is 0.443. The first-order valence-corrected chi connectivity index (χ1v) is 7.20. The molecule has 0 aliphatic carbocycles. The van der Waals surface area contributed by atoms with Gasteiger partial charge in [0.1, 0.15) is 0 Å². The molecule has 1 heterocycles. The second kappa shape index (κ2) is 6.97. The summed E-state index contributed by atoms with van der Waals surface area (Å²) in [7, 11) is 0. The molecule has 1 atom stereocenters. The van der Waals surface area contributed by atoms with Crippen LogP contribution in [0, 0.1) is 19.8 Å².